The first kappa shape index (κ1) is 11.2. The van der Waals surface area contributed by atoms with Crippen molar-refractivity contribution in [3.8, 4) is 5.69 Å². The van der Waals surface area contributed by atoms with E-state index >= 15 is 0 Å². The average Bonchev–Trinajstić information content (AvgIpc) is 2.85. The highest BCUT2D eigenvalue weighted by molar-refractivity contribution is 5.96. The molecule has 5 heteroatoms. The van der Waals surface area contributed by atoms with Crippen LogP contribution in [0.15, 0.2) is 30.6 Å². The summed E-state index contributed by atoms with van der Waals surface area (Å²) in [4.78, 5) is 11.6. The minimum atomic E-state index is -0.445. The molecular weight excluding hydrogens is 218 g/mol. The lowest BCUT2D eigenvalue weighted by atomic mass is 10.1. The van der Waals surface area contributed by atoms with E-state index in [2.05, 4.69) is 5.10 Å². The van der Waals surface area contributed by atoms with E-state index in [1.54, 1.807) is 23.1 Å². The van der Waals surface area contributed by atoms with Crippen LogP contribution in [0, 0.1) is 6.92 Å². The number of rotatable bonds is 2. The second-order valence-corrected chi connectivity index (χ2v) is 3.67. The van der Waals surface area contributed by atoms with E-state index in [0.29, 0.717) is 11.3 Å². The fourth-order valence-corrected chi connectivity index (χ4v) is 1.61. The monoisotopic (exact) mass is 231 g/mol. The van der Waals surface area contributed by atoms with Crippen molar-refractivity contribution < 1.29 is 9.53 Å². The molecule has 0 saturated carbocycles. The zero-order valence-electron chi connectivity index (χ0n) is 9.68. The smallest absolute Gasteiger partial charge is 0.340 e. The van der Waals surface area contributed by atoms with Gasteiger partial charge in [-0.2, -0.15) is 5.10 Å². The lowest BCUT2D eigenvalue weighted by Gasteiger charge is -2.10. The van der Waals surface area contributed by atoms with Gasteiger partial charge in [-0.1, -0.05) is 0 Å². The van der Waals surface area contributed by atoms with Gasteiger partial charge < -0.3 is 10.5 Å². The first-order chi connectivity index (χ1) is 8.13. The molecule has 5 nitrogen and oxygen atoms in total. The van der Waals surface area contributed by atoms with Gasteiger partial charge in [0.2, 0.25) is 0 Å². The molecule has 0 aliphatic carbocycles. The highest BCUT2D eigenvalue weighted by Gasteiger charge is 2.14. The summed E-state index contributed by atoms with van der Waals surface area (Å²) in [6.45, 7) is 1.84. The molecule has 1 heterocycles. The fourth-order valence-electron chi connectivity index (χ4n) is 1.61. The number of nitrogens with zero attached hydrogens (tertiary/aromatic N) is 2. The normalized spacial score (nSPS) is 10.2. The molecule has 0 amide bonds. The first-order valence-electron chi connectivity index (χ1n) is 5.12. The number of benzene rings is 1. The van der Waals surface area contributed by atoms with Gasteiger partial charge in [-0.05, 0) is 30.7 Å². The summed E-state index contributed by atoms with van der Waals surface area (Å²) in [7, 11) is 1.33. The third-order valence-corrected chi connectivity index (χ3v) is 2.55. The maximum Gasteiger partial charge on any atom is 0.340 e. The molecule has 0 aliphatic heterocycles. The van der Waals surface area contributed by atoms with Crippen LogP contribution in [0.1, 0.15) is 15.9 Å². The molecular formula is C12H13N3O2. The van der Waals surface area contributed by atoms with Crippen molar-refractivity contribution in [2.75, 3.05) is 12.8 Å². The summed E-state index contributed by atoms with van der Waals surface area (Å²) in [5.74, 6) is -0.445. The third-order valence-electron chi connectivity index (χ3n) is 2.55. The predicted octanol–water partition coefficient (Wildman–Crippen LogP) is 1.55. The maximum absolute atomic E-state index is 11.6. The molecule has 1 aromatic carbocycles. The van der Waals surface area contributed by atoms with Crippen molar-refractivity contribution in [2.24, 2.45) is 0 Å². The van der Waals surface area contributed by atoms with Gasteiger partial charge >= 0.3 is 5.97 Å². The van der Waals surface area contributed by atoms with Gasteiger partial charge in [0, 0.05) is 18.1 Å². The number of carbonyl (C=O) groups excluding carboxylic acids is 1. The number of ether oxygens (including phenoxy) is 1. The highest BCUT2D eigenvalue weighted by Crippen LogP contribution is 2.22. The largest absolute Gasteiger partial charge is 0.465 e. The zero-order chi connectivity index (χ0) is 12.4. The molecule has 2 aromatic rings. The van der Waals surface area contributed by atoms with Crippen molar-refractivity contribution in [2.45, 2.75) is 6.92 Å². The van der Waals surface area contributed by atoms with E-state index < -0.39 is 5.97 Å². The van der Waals surface area contributed by atoms with Crippen LogP contribution in [0.3, 0.4) is 0 Å². The van der Waals surface area contributed by atoms with Crippen molar-refractivity contribution >= 4 is 11.7 Å². The van der Waals surface area contributed by atoms with Crippen molar-refractivity contribution in [3.05, 3.63) is 41.7 Å². The van der Waals surface area contributed by atoms with Gasteiger partial charge in [0.25, 0.3) is 0 Å². The number of hydrogen-bond donors (Lipinski definition) is 1. The van der Waals surface area contributed by atoms with Crippen LogP contribution in [-0.2, 0) is 4.74 Å². The van der Waals surface area contributed by atoms with E-state index in [1.165, 1.54) is 7.11 Å². The molecule has 1 aromatic heterocycles. The molecule has 0 radical (unpaired) electrons. The summed E-state index contributed by atoms with van der Waals surface area (Å²) >= 11 is 0. The summed E-state index contributed by atoms with van der Waals surface area (Å²) in [5, 5.41) is 4.11. The van der Waals surface area contributed by atoms with Gasteiger partial charge in [-0.15, -0.1) is 0 Å². The number of aromatic nitrogens is 2. The van der Waals surface area contributed by atoms with Gasteiger partial charge in [0.15, 0.2) is 0 Å². The Morgan fingerprint density at radius 3 is 2.82 bits per heavy atom. The summed E-state index contributed by atoms with van der Waals surface area (Å²) in [6.07, 6.45) is 3.47. The third kappa shape index (κ3) is 1.99. The highest BCUT2D eigenvalue weighted by atomic mass is 16.5. The fraction of sp³-hybridized carbons (Fsp3) is 0.167. The standard InChI is InChI=1S/C12H13N3O2/c1-8-6-9(15-5-3-4-14-15)7-10(11(8)13)12(16)17-2/h3-7H,13H2,1-2H3. The van der Waals surface area contributed by atoms with Crippen LogP contribution < -0.4 is 5.73 Å². The van der Waals surface area contributed by atoms with Gasteiger partial charge in [0.1, 0.15) is 0 Å². The van der Waals surface area contributed by atoms with Crippen LogP contribution in [0.5, 0.6) is 0 Å². The molecule has 2 N–H and O–H groups in total. The van der Waals surface area contributed by atoms with E-state index in [4.69, 9.17) is 10.5 Å². The van der Waals surface area contributed by atoms with Crippen molar-refractivity contribution in [1.82, 2.24) is 9.78 Å². The van der Waals surface area contributed by atoms with Gasteiger partial charge in [0.05, 0.1) is 18.4 Å². The topological polar surface area (TPSA) is 70.1 Å². The molecule has 0 saturated heterocycles. The Morgan fingerprint density at radius 1 is 1.47 bits per heavy atom. The first-order valence-corrected chi connectivity index (χ1v) is 5.12. The van der Waals surface area contributed by atoms with Crippen molar-refractivity contribution in [3.63, 3.8) is 0 Å². The number of carbonyl (C=O) groups is 1. The van der Waals surface area contributed by atoms with Gasteiger partial charge in [-0.3, -0.25) is 0 Å². The summed E-state index contributed by atoms with van der Waals surface area (Å²) in [5.41, 5.74) is 8.25. The number of hydrogen-bond acceptors (Lipinski definition) is 4. The van der Waals surface area contributed by atoms with Crippen LogP contribution in [0.25, 0.3) is 5.69 Å². The molecule has 0 unspecified atom stereocenters. The summed E-state index contributed by atoms with van der Waals surface area (Å²) in [6, 6.07) is 5.35. The molecule has 17 heavy (non-hydrogen) atoms. The number of nitrogen functional groups attached to an aromatic ring is 1. The summed E-state index contributed by atoms with van der Waals surface area (Å²) < 4.78 is 6.36. The van der Waals surface area contributed by atoms with Crippen LogP contribution >= 0.6 is 0 Å². The SMILES string of the molecule is COC(=O)c1cc(-n2cccn2)cc(C)c1N. The Bertz CT molecular complexity index is 547. The molecule has 0 fully saturated rings. The Labute approximate surface area is 98.8 Å². The lowest BCUT2D eigenvalue weighted by Crippen LogP contribution is -2.09. The molecule has 2 rings (SSSR count). The number of aryl methyl sites for hydroxylation is 1. The second kappa shape index (κ2) is 4.29. The molecule has 0 aliphatic rings. The van der Waals surface area contributed by atoms with Crippen LogP contribution in [0.4, 0.5) is 5.69 Å². The Kier molecular flexibility index (Phi) is 2.82. The Hall–Kier alpha value is -2.30. The lowest BCUT2D eigenvalue weighted by molar-refractivity contribution is 0.0602. The van der Waals surface area contributed by atoms with Gasteiger partial charge in [-0.25, -0.2) is 9.48 Å². The van der Waals surface area contributed by atoms with E-state index in [9.17, 15) is 4.79 Å². The molecule has 0 atom stereocenters. The second-order valence-electron chi connectivity index (χ2n) is 3.67. The van der Waals surface area contributed by atoms with E-state index in [0.717, 1.165) is 11.3 Å². The molecule has 88 valence electrons. The Balaban J connectivity index is 2.57. The zero-order valence-corrected chi connectivity index (χ0v) is 9.68. The average molecular weight is 231 g/mol. The molecule has 0 bridgehead atoms. The van der Waals surface area contributed by atoms with E-state index in [1.807, 2.05) is 19.1 Å². The number of esters is 1. The number of nitrogens with two attached hydrogens (primary N) is 1. The minimum Gasteiger partial charge on any atom is -0.465 e. The Morgan fingerprint density at radius 2 is 2.24 bits per heavy atom. The van der Waals surface area contributed by atoms with Crippen molar-refractivity contribution in [1.29, 1.82) is 0 Å². The van der Waals surface area contributed by atoms with E-state index in [-0.39, 0.29) is 0 Å². The number of anilines is 1. The van der Waals surface area contributed by atoms with Crippen LogP contribution in [-0.4, -0.2) is 22.9 Å². The minimum absolute atomic E-state index is 0.359. The predicted molar refractivity (Wildman–Crippen MR) is 64.1 cm³/mol. The van der Waals surface area contributed by atoms with Crippen LogP contribution in [0.2, 0.25) is 0 Å². The maximum atomic E-state index is 11.6. The molecule has 0 spiro atoms. The number of methoxy groups -OCH3 is 1. The quantitative estimate of drug-likeness (QED) is 0.628.